The van der Waals surface area contributed by atoms with E-state index in [-0.39, 0.29) is 29.8 Å². The quantitative estimate of drug-likeness (QED) is 0.813. The molecule has 1 amide bonds. The van der Waals surface area contributed by atoms with Crippen LogP contribution in [-0.2, 0) is 14.3 Å². The van der Waals surface area contributed by atoms with Gasteiger partial charge in [0.25, 0.3) is 0 Å². The summed E-state index contributed by atoms with van der Waals surface area (Å²) in [5.74, 6) is 1.80. The molecule has 1 aromatic heterocycles. The molecule has 1 aromatic rings. The standard InChI is InChI=1S/C21H28N2O4/c1-12-6-5-9-18(22-12)23-21(25)26-11-17-15-8-4-3-7-14(15)10-16-19(17)13(2)27-20(16)24/h5-6,9,13-17,19H,3-4,7-8,10-11H2,1-2H3,(H,22,23,25). The number of esters is 1. The number of aromatic nitrogens is 1. The number of nitrogens with zero attached hydrogens (tertiary/aromatic N) is 1. The highest BCUT2D eigenvalue weighted by molar-refractivity contribution is 5.83. The van der Waals surface area contributed by atoms with Crippen LogP contribution in [0.1, 0.15) is 44.7 Å². The lowest BCUT2D eigenvalue weighted by Crippen LogP contribution is -2.45. The van der Waals surface area contributed by atoms with Gasteiger partial charge >= 0.3 is 12.1 Å². The van der Waals surface area contributed by atoms with Crippen LogP contribution in [0.15, 0.2) is 18.2 Å². The molecule has 27 heavy (non-hydrogen) atoms. The number of carbonyl (C=O) groups is 2. The fourth-order valence-electron chi connectivity index (χ4n) is 5.60. The van der Waals surface area contributed by atoms with Crippen molar-refractivity contribution >= 4 is 17.9 Å². The first-order valence-electron chi connectivity index (χ1n) is 10.1. The number of carbonyl (C=O) groups excluding carboxylic acids is 2. The minimum absolute atomic E-state index is 0.0329. The molecule has 3 aliphatic rings. The highest BCUT2D eigenvalue weighted by Crippen LogP contribution is 2.53. The SMILES string of the molecule is Cc1cccc(NC(=O)OCC2C3CCCCC3CC3C(=O)OC(C)C32)n1. The summed E-state index contributed by atoms with van der Waals surface area (Å²) in [5.41, 5.74) is 0.836. The molecule has 6 unspecified atom stereocenters. The number of aryl methyl sites for hydroxylation is 1. The van der Waals surface area contributed by atoms with E-state index in [2.05, 4.69) is 10.3 Å². The van der Waals surface area contributed by atoms with Crippen molar-refractivity contribution in [3.63, 3.8) is 0 Å². The molecule has 1 N–H and O–H groups in total. The maximum absolute atomic E-state index is 12.3. The zero-order chi connectivity index (χ0) is 19.0. The van der Waals surface area contributed by atoms with Gasteiger partial charge in [-0.25, -0.2) is 9.78 Å². The van der Waals surface area contributed by atoms with Crippen molar-refractivity contribution in [2.24, 2.45) is 29.6 Å². The maximum atomic E-state index is 12.3. The number of nitrogens with one attached hydrogen (secondary N) is 1. The second-order valence-corrected chi connectivity index (χ2v) is 8.32. The molecule has 6 nitrogen and oxygen atoms in total. The van der Waals surface area contributed by atoms with Crippen molar-refractivity contribution < 1.29 is 19.1 Å². The number of amides is 1. The first-order valence-corrected chi connectivity index (χ1v) is 10.1. The summed E-state index contributed by atoms with van der Waals surface area (Å²) in [6.45, 7) is 4.19. The number of rotatable bonds is 3. The number of hydrogen-bond acceptors (Lipinski definition) is 5. The van der Waals surface area contributed by atoms with Crippen LogP contribution in [0.5, 0.6) is 0 Å². The van der Waals surface area contributed by atoms with E-state index < -0.39 is 6.09 Å². The Morgan fingerprint density at radius 2 is 2.15 bits per heavy atom. The molecular formula is C21H28N2O4. The van der Waals surface area contributed by atoms with Crippen LogP contribution in [0.3, 0.4) is 0 Å². The molecule has 6 atom stereocenters. The third-order valence-electron chi connectivity index (χ3n) is 6.71. The van der Waals surface area contributed by atoms with Crippen molar-refractivity contribution in [3.8, 4) is 0 Å². The molecule has 146 valence electrons. The molecule has 2 heterocycles. The van der Waals surface area contributed by atoms with Crippen molar-refractivity contribution in [1.82, 2.24) is 4.98 Å². The highest BCUT2D eigenvalue weighted by atomic mass is 16.6. The maximum Gasteiger partial charge on any atom is 0.412 e. The van der Waals surface area contributed by atoms with Gasteiger partial charge in [-0.2, -0.15) is 0 Å². The van der Waals surface area contributed by atoms with Gasteiger partial charge in [0.15, 0.2) is 0 Å². The van der Waals surface area contributed by atoms with E-state index in [4.69, 9.17) is 9.47 Å². The van der Waals surface area contributed by atoms with E-state index in [1.54, 1.807) is 6.07 Å². The number of pyridine rings is 1. The second-order valence-electron chi connectivity index (χ2n) is 8.32. The van der Waals surface area contributed by atoms with E-state index in [0.29, 0.717) is 24.3 Å². The van der Waals surface area contributed by atoms with Crippen LogP contribution in [0.4, 0.5) is 10.6 Å². The Bertz CT molecular complexity index is 722. The van der Waals surface area contributed by atoms with E-state index >= 15 is 0 Å². The van der Waals surface area contributed by atoms with Crippen LogP contribution in [-0.4, -0.2) is 29.8 Å². The monoisotopic (exact) mass is 372 g/mol. The molecule has 2 saturated carbocycles. The number of hydrogen-bond donors (Lipinski definition) is 1. The summed E-state index contributed by atoms with van der Waals surface area (Å²) >= 11 is 0. The predicted molar refractivity (Wildman–Crippen MR) is 100 cm³/mol. The first-order chi connectivity index (χ1) is 13.0. The van der Waals surface area contributed by atoms with Crippen LogP contribution >= 0.6 is 0 Å². The molecule has 0 aromatic carbocycles. The normalized spacial score (nSPS) is 35.0. The lowest BCUT2D eigenvalue weighted by molar-refractivity contribution is -0.144. The first kappa shape index (κ1) is 18.3. The largest absolute Gasteiger partial charge is 0.462 e. The van der Waals surface area contributed by atoms with Gasteiger partial charge in [-0.1, -0.05) is 25.3 Å². The van der Waals surface area contributed by atoms with Gasteiger partial charge in [-0.3, -0.25) is 10.1 Å². The zero-order valence-electron chi connectivity index (χ0n) is 16.0. The van der Waals surface area contributed by atoms with Gasteiger partial charge in [0.2, 0.25) is 0 Å². The fourth-order valence-corrected chi connectivity index (χ4v) is 5.60. The van der Waals surface area contributed by atoms with Gasteiger partial charge in [-0.15, -0.1) is 0 Å². The van der Waals surface area contributed by atoms with Crippen LogP contribution in [0.2, 0.25) is 0 Å². The van der Waals surface area contributed by atoms with Gasteiger partial charge in [0.05, 0.1) is 12.5 Å². The Balaban J connectivity index is 1.44. The van der Waals surface area contributed by atoms with Crippen LogP contribution < -0.4 is 5.32 Å². The van der Waals surface area contributed by atoms with Crippen molar-refractivity contribution in [1.29, 1.82) is 0 Å². The third kappa shape index (κ3) is 3.66. The van der Waals surface area contributed by atoms with E-state index in [0.717, 1.165) is 18.5 Å². The molecular weight excluding hydrogens is 344 g/mol. The summed E-state index contributed by atoms with van der Waals surface area (Å²) in [7, 11) is 0. The second kappa shape index (κ2) is 7.49. The lowest BCUT2D eigenvalue weighted by Gasteiger charge is -2.46. The number of anilines is 1. The molecule has 1 saturated heterocycles. The number of ether oxygens (including phenoxy) is 2. The van der Waals surface area contributed by atoms with E-state index in [9.17, 15) is 9.59 Å². The third-order valence-corrected chi connectivity index (χ3v) is 6.71. The Labute approximate surface area is 160 Å². The number of cyclic esters (lactones) is 1. The Kier molecular flexibility index (Phi) is 5.06. The van der Waals surface area contributed by atoms with Gasteiger partial charge in [0, 0.05) is 17.5 Å². The van der Waals surface area contributed by atoms with Gasteiger partial charge in [0.1, 0.15) is 11.9 Å². The summed E-state index contributed by atoms with van der Waals surface area (Å²) in [6.07, 6.45) is 5.14. The van der Waals surface area contributed by atoms with Crippen molar-refractivity contribution in [3.05, 3.63) is 23.9 Å². The lowest BCUT2D eigenvalue weighted by atomic mass is 9.58. The Morgan fingerprint density at radius 3 is 2.96 bits per heavy atom. The predicted octanol–water partition coefficient (Wildman–Crippen LogP) is 3.94. The fraction of sp³-hybridized carbons (Fsp3) is 0.667. The summed E-state index contributed by atoms with van der Waals surface area (Å²) in [5, 5.41) is 2.70. The van der Waals surface area contributed by atoms with Gasteiger partial charge < -0.3 is 9.47 Å². The Hall–Kier alpha value is -2.11. The van der Waals surface area contributed by atoms with Gasteiger partial charge in [-0.05, 0) is 50.7 Å². The van der Waals surface area contributed by atoms with E-state index in [1.165, 1.54) is 19.3 Å². The van der Waals surface area contributed by atoms with Crippen LogP contribution in [0, 0.1) is 36.5 Å². The van der Waals surface area contributed by atoms with E-state index in [1.807, 2.05) is 26.0 Å². The molecule has 0 bridgehead atoms. The van der Waals surface area contributed by atoms with Crippen molar-refractivity contribution in [2.45, 2.75) is 52.1 Å². The average Bonchev–Trinajstić information content (AvgIpc) is 2.92. The average molecular weight is 372 g/mol. The molecule has 0 radical (unpaired) electrons. The summed E-state index contributed by atoms with van der Waals surface area (Å²) < 4.78 is 11.2. The molecule has 0 spiro atoms. The molecule has 2 aliphatic carbocycles. The summed E-state index contributed by atoms with van der Waals surface area (Å²) in [6, 6.07) is 5.47. The smallest absolute Gasteiger partial charge is 0.412 e. The number of fused-ring (bicyclic) bond motifs is 2. The topological polar surface area (TPSA) is 77.5 Å². The molecule has 1 aliphatic heterocycles. The summed E-state index contributed by atoms with van der Waals surface area (Å²) in [4.78, 5) is 28.9. The molecule has 3 fully saturated rings. The van der Waals surface area contributed by atoms with Crippen LogP contribution in [0.25, 0.3) is 0 Å². The zero-order valence-corrected chi connectivity index (χ0v) is 16.0. The van der Waals surface area contributed by atoms with Crippen molar-refractivity contribution in [2.75, 3.05) is 11.9 Å². The highest BCUT2D eigenvalue weighted by Gasteiger charge is 2.54. The minimum Gasteiger partial charge on any atom is -0.462 e. The molecule has 4 rings (SSSR count). The molecule has 6 heteroatoms. The Morgan fingerprint density at radius 1 is 1.33 bits per heavy atom. The minimum atomic E-state index is -0.486.